The van der Waals surface area contributed by atoms with E-state index in [0.29, 0.717) is 22.8 Å². The number of carbonyl (C=O) groups excluding carboxylic acids is 2. The van der Waals surface area contributed by atoms with Crippen molar-refractivity contribution in [1.29, 1.82) is 0 Å². The van der Waals surface area contributed by atoms with Crippen LogP contribution < -0.4 is 5.32 Å². The maximum Gasteiger partial charge on any atom is 0.338 e. The first-order chi connectivity index (χ1) is 12.6. The van der Waals surface area contributed by atoms with E-state index in [0.717, 1.165) is 5.56 Å². The zero-order valence-corrected chi connectivity index (χ0v) is 14.3. The van der Waals surface area contributed by atoms with Crippen molar-refractivity contribution in [2.75, 3.05) is 6.61 Å². The first-order valence-electron chi connectivity index (χ1n) is 7.63. The zero-order valence-electron chi connectivity index (χ0n) is 13.5. The van der Waals surface area contributed by atoms with Gasteiger partial charge in [0.2, 0.25) is 0 Å². The highest BCUT2D eigenvalue weighted by molar-refractivity contribution is 6.30. The number of aromatic nitrogens is 4. The maximum atomic E-state index is 12.1. The molecule has 132 valence electrons. The van der Waals surface area contributed by atoms with E-state index in [2.05, 4.69) is 20.8 Å². The van der Waals surface area contributed by atoms with Crippen LogP contribution in [0.2, 0.25) is 5.02 Å². The van der Waals surface area contributed by atoms with Crippen molar-refractivity contribution < 1.29 is 14.3 Å². The Morgan fingerprint density at radius 3 is 2.69 bits per heavy atom. The molecule has 1 N–H and O–H groups in total. The number of tetrazole rings is 1. The minimum Gasteiger partial charge on any atom is -0.452 e. The van der Waals surface area contributed by atoms with Gasteiger partial charge in [0.15, 0.2) is 6.61 Å². The Labute approximate surface area is 153 Å². The lowest BCUT2D eigenvalue weighted by molar-refractivity contribution is -0.124. The van der Waals surface area contributed by atoms with Crippen LogP contribution in [0.5, 0.6) is 0 Å². The highest BCUT2D eigenvalue weighted by Gasteiger charge is 2.11. The summed E-state index contributed by atoms with van der Waals surface area (Å²) in [5.74, 6) is -1.01. The van der Waals surface area contributed by atoms with Gasteiger partial charge in [-0.15, -0.1) is 5.10 Å². The summed E-state index contributed by atoms with van der Waals surface area (Å²) in [7, 11) is 0. The van der Waals surface area contributed by atoms with Gasteiger partial charge in [0, 0.05) is 11.6 Å². The molecule has 0 radical (unpaired) electrons. The molecule has 2 aromatic carbocycles. The molecule has 1 amide bonds. The van der Waals surface area contributed by atoms with E-state index in [9.17, 15) is 9.59 Å². The van der Waals surface area contributed by atoms with E-state index in [-0.39, 0.29) is 6.61 Å². The number of nitrogens with one attached hydrogen (secondary N) is 1. The molecule has 0 fully saturated rings. The van der Waals surface area contributed by atoms with Crippen LogP contribution in [0.3, 0.4) is 0 Å². The number of hydrogen-bond donors (Lipinski definition) is 1. The highest BCUT2D eigenvalue weighted by atomic mass is 35.5. The van der Waals surface area contributed by atoms with E-state index in [1.807, 2.05) is 0 Å². The Morgan fingerprint density at radius 1 is 1.15 bits per heavy atom. The number of benzene rings is 2. The van der Waals surface area contributed by atoms with E-state index in [1.165, 1.54) is 11.0 Å². The second kappa shape index (κ2) is 8.21. The lowest BCUT2D eigenvalue weighted by Gasteiger charge is -2.08. The predicted molar refractivity (Wildman–Crippen MR) is 92.7 cm³/mol. The van der Waals surface area contributed by atoms with E-state index in [1.54, 1.807) is 48.5 Å². The Balaban J connectivity index is 1.51. The minimum absolute atomic E-state index is 0.295. The van der Waals surface area contributed by atoms with Crippen molar-refractivity contribution in [3.8, 4) is 5.69 Å². The van der Waals surface area contributed by atoms with Gasteiger partial charge in [-0.25, -0.2) is 9.48 Å². The molecule has 0 spiro atoms. The normalized spacial score (nSPS) is 10.3. The number of ether oxygens (including phenoxy) is 1. The van der Waals surface area contributed by atoms with Crippen molar-refractivity contribution in [2.24, 2.45) is 0 Å². The third-order valence-corrected chi connectivity index (χ3v) is 3.68. The number of halogens is 1. The molecule has 0 bridgehead atoms. The van der Waals surface area contributed by atoms with Gasteiger partial charge in [0.25, 0.3) is 5.91 Å². The molecule has 1 heterocycles. The molecule has 0 aliphatic carbocycles. The molecule has 0 saturated carbocycles. The van der Waals surface area contributed by atoms with Crippen molar-refractivity contribution in [2.45, 2.75) is 6.54 Å². The number of hydrogen-bond acceptors (Lipinski definition) is 6. The number of nitrogens with zero attached hydrogens (tertiary/aromatic N) is 4. The summed E-state index contributed by atoms with van der Waals surface area (Å²) in [6.07, 6.45) is 1.41. The van der Waals surface area contributed by atoms with Crippen molar-refractivity contribution in [3.05, 3.63) is 71.0 Å². The lowest BCUT2D eigenvalue weighted by atomic mass is 10.2. The molecule has 0 atom stereocenters. The fourth-order valence-electron chi connectivity index (χ4n) is 2.12. The van der Waals surface area contributed by atoms with Crippen molar-refractivity contribution in [1.82, 2.24) is 25.5 Å². The summed E-state index contributed by atoms with van der Waals surface area (Å²) in [6.45, 7) is -0.0517. The number of amides is 1. The number of rotatable bonds is 6. The monoisotopic (exact) mass is 371 g/mol. The molecule has 9 heteroatoms. The van der Waals surface area contributed by atoms with Crippen LogP contribution in [0.15, 0.2) is 54.9 Å². The van der Waals surface area contributed by atoms with Crippen LogP contribution in [0.25, 0.3) is 5.69 Å². The topological polar surface area (TPSA) is 99.0 Å². The quantitative estimate of drug-likeness (QED) is 0.663. The first kappa shape index (κ1) is 17.6. The lowest BCUT2D eigenvalue weighted by Crippen LogP contribution is -2.28. The smallest absolute Gasteiger partial charge is 0.338 e. The van der Waals surface area contributed by atoms with Crippen LogP contribution in [-0.4, -0.2) is 38.7 Å². The van der Waals surface area contributed by atoms with Gasteiger partial charge in [0.05, 0.1) is 11.3 Å². The van der Waals surface area contributed by atoms with Crippen molar-refractivity contribution in [3.63, 3.8) is 0 Å². The average molecular weight is 372 g/mol. The van der Waals surface area contributed by atoms with Gasteiger partial charge < -0.3 is 10.1 Å². The zero-order chi connectivity index (χ0) is 18.4. The molecule has 0 aliphatic rings. The van der Waals surface area contributed by atoms with Crippen LogP contribution in [0.4, 0.5) is 0 Å². The van der Waals surface area contributed by atoms with Crippen LogP contribution in [0.1, 0.15) is 15.9 Å². The van der Waals surface area contributed by atoms with Crippen molar-refractivity contribution >= 4 is 23.5 Å². The van der Waals surface area contributed by atoms with Gasteiger partial charge in [-0.05, 0) is 46.3 Å². The van der Waals surface area contributed by atoms with Gasteiger partial charge in [-0.1, -0.05) is 29.8 Å². The molecular formula is C17H14ClN5O3. The molecular weight excluding hydrogens is 358 g/mol. The van der Waals surface area contributed by atoms with Gasteiger partial charge in [-0.2, -0.15) is 0 Å². The third-order valence-electron chi connectivity index (χ3n) is 3.43. The second-order valence-electron chi connectivity index (χ2n) is 5.28. The highest BCUT2D eigenvalue weighted by Crippen LogP contribution is 2.10. The Hall–Kier alpha value is -3.26. The Morgan fingerprint density at radius 2 is 1.96 bits per heavy atom. The third kappa shape index (κ3) is 4.64. The van der Waals surface area contributed by atoms with Crippen LogP contribution in [-0.2, 0) is 16.1 Å². The molecule has 0 saturated heterocycles. The maximum absolute atomic E-state index is 12.1. The summed E-state index contributed by atoms with van der Waals surface area (Å²) in [5.41, 5.74) is 1.79. The fourth-order valence-corrected chi connectivity index (χ4v) is 2.25. The van der Waals surface area contributed by atoms with Crippen LogP contribution in [0, 0.1) is 0 Å². The molecule has 0 aliphatic heterocycles. The van der Waals surface area contributed by atoms with Gasteiger partial charge in [-0.3, -0.25) is 4.79 Å². The summed E-state index contributed by atoms with van der Waals surface area (Å²) < 4.78 is 6.45. The summed E-state index contributed by atoms with van der Waals surface area (Å²) in [4.78, 5) is 23.9. The van der Waals surface area contributed by atoms with E-state index < -0.39 is 11.9 Å². The number of esters is 1. The number of carbonyl (C=O) groups is 2. The first-order valence-corrected chi connectivity index (χ1v) is 8.01. The minimum atomic E-state index is -0.610. The average Bonchev–Trinajstić information content (AvgIpc) is 3.20. The summed E-state index contributed by atoms with van der Waals surface area (Å²) >= 11 is 5.80. The molecule has 8 nitrogen and oxygen atoms in total. The SMILES string of the molecule is O=C(COC(=O)c1cccc(-n2cnnn2)c1)NCc1ccc(Cl)cc1. The standard InChI is InChI=1S/C17H14ClN5O3/c18-14-6-4-12(5-7-14)9-19-16(24)10-26-17(25)13-2-1-3-15(8-13)23-11-20-21-22-23/h1-8,11H,9-10H2,(H,19,24). The second-order valence-corrected chi connectivity index (χ2v) is 5.72. The summed E-state index contributed by atoms with van der Waals surface area (Å²) in [6, 6.07) is 13.7. The molecule has 0 unspecified atom stereocenters. The van der Waals surface area contributed by atoms with Crippen LogP contribution >= 0.6 is 11.6 Å². The fraction of sp³-hybridized carbons (Fsp3) is 0.118. The van der Waals surface area contributed by atoms with E-state index >= 15 is 0 Å². The molecule has 1 aromatic heterocycles. The van der Waals surface area contributed by atoms with Gasteiger partial charge in [0.1, 0.15) is 6.33 Å². The Bertz CT molecular complexity index is 897. The van der Waals surface area contributed by atoms with E-state index in [4.69, 9.17) is 16.3 Å². The largest absolute Gasteiger partial charge is 0.452 e. The molecule has 3 aromatic rings. The molecule has 26 heavy (non-hydrogen) atoms. The van der Waals surface area contributed by atoms with Gasteiger partial charge >= 0.3 is 5.97 Å². The Kier molecular flexibility index (Phi) is 5.55. The predicted octanol–water partition coefficient (Wildman–Crippen LogP) is 1.79. The molecule has 3 rings (SSSR count). The summed E-state index contributed by atoms with van der Waals surface area (Å²) in [5, 5.41) is 14.1.